The van der Waals surface area contributed by atoms with Crippen LogP contribution in [-0.4, -0.2) is 25.2 Å². The first-order valence-electron chi connectivity index (χ1n) is 9.42. The van der Waals surface area contributed by atoms with Crippen molar-refractivity contribution in [3.63, 3.8) is 0 Å². The minimum atomic E-state index is -0.537. The van der Waals surface area contributed by atoms with E-state index in [-0.39, 0.29) is 11.9 Å². The number of carbonyl (C=O) groups excluding carboxylic acids is 1. The van der Waals surface area contributed by atoms with Gasteiger partial charge in [-0.1, -0.05) is 25.1 Å². The van der Waals surface area contributed by atoms with Gasteiger partial charge in [0.15, 0.2) is 17.6 Å². The van der Waals surface area contributed by atoms with Gasteiger partial charge in [0.1, 0.15) is 19.0 Å². The maximum atomic E-state index is 12.8. The van der Waals surface area contributed by atoms with Gasteiger partial charge in [-0.3, -0.25) is 4.79 Å². The van der Waals surface area contributed by atoms with Crippen molar-refractivity contribution in [3.05, 3.63) is 53.1 Å². The molecule has 0 fully saturated rings. The Hall–Kier alpha value is -2.69. The van der Waals surface area contributed by atoms with E-state index in [9.17, 15) is 4.79 Å². The summed E-state index contributed by atoms with van der Waals surface area (Å²) in [5, 5.41) is 3.05. The molecule has 2 atom stereocenters. The third kappa shape index (κ3) is 4.35. The van der Waals surface area contributed by atoms with E-state index >= 15 is 0 Å². The highest BCUT2D eigenvalue weighted by Crippen LogP contribution is 2.32. The smallest absolute Gasteiger partial charge is 0.261 e. The van der Waals surface area contributed by atoms with Crippen molar-refractivity contribution >= 4 is 5.91 Å². The molecule has 1 aliphatic heterocycles. The molecule has 1 aliphatic rings. The zero-order valence-electron chi connectivity index (χ0n) is 16.4. The Morgan fingerprint density at radius 3 is 2.63 bits per heavy atom. The number of rotatable bonds is 6. The van der Waals surface area contributed by atoms with Gasteiger partial charge in [0, 0.05) is 0 Å². The maximum Gasteiger partial charge on any atom is 0.261 e. The predicted molar refractivity (Wildman–Crippen MR) is 105 cm³/mol. The van der Waals surface area contributed by atoms with Crippen molar-refractivity contribution in [2.45, 2.75) is 46.3 Å². The van der Waals surface area contributed by atoms with Gasteiger partial charge >= 0.3 is 0 Å². The molecule has 0 aliphatic carbocycles. The number of aryl methyl sites for hydroxylation is 1. The van der Waals surface area contributed by atoms with Crippen LogP contribution in [0.1, 0.15) is 43.0 Å². The van der Waals surface area contributed by atoms with Gasteiger partial charge in [0.25, 0.3) is 5.91 Å². The lowest BCUT2D eigenvalue weighted by Gasteiger charge is -2.23. The fourth-order valence-electron chi connectivity index (χ4n) is 3.05. The van der Waals surface area contributed by atoms with Gasteiger partial charge in [-0.05, 0) is 62.1 Å². The first-order valence-corrected chi connectivity index (χ1v) is 9.42. The van der Waals surface area contributed by atoms with Gasteiger partial charge < -0.3 is 19.5 Å². The van der Waals surface area contributed by atoms with Crippen LogP contribution in [0.4, 0.5) is 0 Å². The van der Waals surface area contributed by atoms with Gasteiger partial charge in [0.05, 0.1) is 6.04 Å². The molecule has 3 rings (SSSR count). The summed E-state index contributed by atoms with van der Waals surface area (Å²) in [6.07, 6.45) is 0.0535. The summed E-state index contributed by atoms with van der Waals surface area (Å²) in [6.45, 7) is 9.05. The van der Waals surface area contributed by atoms with Crippen LogP contribution < -0.4 is 19.5 Å². The fourth-order valence-corrected chi connectivity index (χ4v) is 3.05. The highest BCUT2D eigenvalue weighted by atomic mass is 16.6. The molecule has 2 aromatic rings. The summed E-state index contributed by atoms with van der Waals surface area (Å²) in [6, 6.07) is 11.5. The number of amides is 1. The Labute approximate surface area is 160 Å². The molecule has 0 radical (unpaired) electrons. The third-order valence-electron chi connectivity index (χ3n) is 4.91. The average Bonchev–Trinajstić information content (AvgIpc) is 2.68. The van der Waals surface area contributed by atoms with Crippen molar-refractivity contribution in [3.8, 4) is 17.2 Å². The molecule has 0 bridgehead atoms. The number of hydrogen-bond acceptors (Lipinski definition) is 4. The van der Waals surface area contributed by atoms with Gasteiger partial charge in [0.2, 0.25) is 0 Å². The summed E-state index contributed by atoms with van der Waals surface area (Å²) < 4.78 is 17.2. The molecular weight excluding hydrogens is 342 g/mol. The summed E-state index contributed by atoms with van der Waals surface area (Å²) >= 11 is 0. The first kappa shape index (κ1) is 19.1. The van der Waals surface area contributed by atoms with E-state index in [4.69, 9.17) is 14.2 Å². The highest BCUT2D eigenvalue weighted by Gasteiger charge is 2.22. The number of carbonyl (C=O) groups is 1. The molecule has 1 N–H and O–H groups in total. The summed E-state index contributed by atoms with van der Waals surface area (Å²) in [5.41, 5.74) is 3.17. The summed E-state index contributed by atoms with van der Waals surface area (Å²) in [5.74, 6) is 2.09. The molecule has 1 heterocycles. The molecule has 0 unspecified atom stereocenters. The second-order valence-corrected chi connectivity index (χ2v) is 6.85. The minimum absolute atomic E-state index is 0.124. The highest BCUT2D eigenvalue weighted by molar-refractivity contribution is 5.81. The second-order valence-electron chi connectivity index (χ2n) is 6.85. The molecule has 5 heteroatoms. The fraction of sp³-hybridized carbons (Fsp3) is 0.409. The van der Waals surface area contributed by atoms with Crippen molar-refractivity contribution in [1.82, 2.24) is 5.32 Å². The van der Waals surface area contributed by atoms with Crippen molar-refractivity contribution in [1.29, 1.82) is 0 Å². The number of benzene rings is 2. The van der Waals surface area contributed by atoms with Crippen LogP contribution in [0.15, 0.2) is 36.4 Å². The molecule has 0 saturated heterocycles. The van der Waals surface area contributed by atoms with Crippen LogP contribution >= 0.6 is 0 Å². The molecule has 5 nitrogen and oxygen atoms in total. The quantitative estimate of drug-likeness (QED) is 0.833. The average molecular weight is 369 g/mol. The first-order chi connectivity index (χ1) is 13.0. The largest absolute Gasteiger partial charge is 0.486 e. The van der Waals surface area contributed by atoms with Crippen molar-refractivity contribution in [2.75, 3.05) is 13.2 Å². The zero-order valence-corrected chi connectivity index (χ0v) is 16.4. The Bertz CT molecular complexity index is 818. The number of fused-ring (bicyclic) bond motifs is 1. The van der Waals surface area contributed by atoms with E-state index in [0.29, 0.717) is 19.6 Å². The van der Waals surface area contributed by atoms with Gasteiger partial charge in [-0.25, -0.2) is 0 Å². The van der Waals surface area contributed by atoms with Gasteiger partial charge in [-0.2, -0.15) is 0 Å². The van der Waals surface area contributed by atoms with E-state index in [2.05, 4.69) is 5.32 Å². The standard InChI is InChI=1S/C22H27NO4/c1-5-18(27-19-8-6-7-14(2)15(19)3)22(24)23-16(4)17-9-10-20-21(13-17)26-12-11-25-20/h6-10,13,16,18H,5,11-12H2,1-4H3,(H,23,24)/t16-,18-/m0/s1. The SMILES string of the molecule is CC[C@H](Oc1cccc(C)c1C)C(=O)N[C@@H](C)c1ccc2c(c1)OCCO2. The lowest BCUT2D eigenvalue weighted by atomic mass is 10.1. The Morgan fingerprint density at radius 1 is 1.15 bits per heavy atom. The lowest BCUT2D eigenvalue weighted by molar-refractivity contribution is -0.128. The Balaban J connectivity index is 1.68. The van der Waals surface area contributed by atoms with E-state index in [1.807, 2.05) is 64.1 Å². The molecule has 1 amide bonds. The van der Waals surface area contributed by atoms with Crippen LogP contribution in [0.2, 0.25) is 0 Å². The zero-order chi connectivity index (χ0) is 19.4. The van der Waals surface area contributed by atoms with Crippen LogP contribution in [0.25, 0.3) is 0 Å². The van der Waals surface area contributed by atoms with E-state index in [1.54, 1.807) is 0 Å². The molecule has 2 aromatic carbocycles. The molecular formula is C22H27NO4. The van der Waals surface area contributed by atoms with E-state index < -0.39 is 6.10 Å². The molecule has 0 spiro atoms. The van der Waals surface area contributed by atoms with Crippen LogP contribution in [0, 0.1) is 13.8 Å². The minimum Gasteiger partial charge on any atom is -0.486 e. The second kappa shape index (κ2) is 8.33. The summed E-state index contributed by atoms with van der Waals surface area (Å²) in [7, 11) is 0. The number of hydrogen-bond donors (Lipinski definition) is 1. The maximum absolute atomic E-state index is 12.8. The molecule has 0 aromatic heterocycles. The monoisotopic (exact) mass is 369 g/mol. The van der Waals surface area contributed by atoms with E-state index in [0.717, 1.165) is 33.9 Å². The number of ether oxygens (including phenoxy) is 3. The van der Waals surface area contributed by atoms with Crippen molar-refractivity contribution < 1.29 is 19.0 Å². The van der Waals surface area contributed by atoms with Crippen LogP contribution in [0.5, 0.6) is 17.2 Å². The normalized spacial score (nSPS) is 15.0. The Morgan fingerprint density at radius 2 is 1.89 bits per heavy atom. The van der Waals surface area contributed by atoms with Crippen LogP contribution in [-0.2, 0) is 4.79 Å². The Kier molecular flexibility index (Phi) is 5.89. The third-order valence-corrected chi connectivity index (χ3v) is 4.91. The molecule has 0 saturated carbocycles. The summed E-state index contributed by atoms with van der Waals surface area (Å²) in [4.78, 5) is 12.8. The lowest BCUT2D eigenvalue weighted by Crippen LogP contribution is -2.39. The van der Waals surface area contributed by atoms with Crippen LogP contribution in [0.3, 0.4) is 0 Å². The number of nitrogens with one attached hydrogen (secondary N) is 1. The van der Waals surface area contributed by atoms with Crippen molar-refractivity contribution in [2.24, 2.45) is 0 Å². The van der Waals surface area contributed by atoms with E-state index in [1.165, 1.54) is 0 Å². The molecule has 27 heavy (non-hydrogen) atoms. The predicted octanol–water partition coefficient (Wildman–Crippen LogP) is 4.11. The van der Waals surface area contributed by atoms with Gasteiger partial charge in [-0.15, -0.1) is 0 Å². The molecule has 144 valence electrons. The topological polar surface area (TPSA) is 56.8 Å².